The normalized spacial score (nSPS) is 11.2. The van der Waals surface area contributed by atoms with Gasteiger partial charge >= 0.3 is 0 Å². The van der Waals surface area contributed by atoms with E-state index >= 15 is 0 Å². The van der Waals surface area contributed by atoms with Crippen LogP contribution in [-0.2, 0) is 0 Å². The zero-order chi connectivity index (χ0) is 11.5. The molecule has 82 valence electrons. The van der Waals surface area contributed by atoms with Gasteiger partial charge in [0.15, 0.2) is 11.6 Å². The maximum absolute atomic E-state index is 13.2. The van der Waals surface area contributed by atoms with Crippen LogP contribution < -0.4 is 0 Å². The highest BCUT2D eigenvalue weighted by atomic mass is 19.1. The molecule has 0 aliphatic rings. The number of hydrogen-bond donors (Lipinski definition) is 0. The molecule has 0 fully saturated rings. The van der Waals surface area contributed by atoms with Crippen LogP contribution in [0.5, 0.6) is 0 Å². The summed E-state index contributed by atoms with van der Waals surface area (Å²) in [4.78, 5) is 3.72. The molecule has 0 aliphatic carbocycles. The van der Waals surface area contributed by atoms with E-state index < -0.39 is 11.6 Å². The number of furan rings is 1. The van der Waals surface area contributed by atoms with E-state index in [1.807, 2.05) is 0 Å². The molecule has 0 bridgehead atoms. The van der Waals surface area contributed by atoms with Gasteiger partial charge in [-0.25, -0.2) is 13.8 Å². The minimum absolute atomic E-state index is 0.309. The van der Waals surface area contributed by atoms with Crippen molar-refractivity contribution >= 4 is 11.9 Å². The van der Waals surface area contributed by atoms with Crippen molar-refractivity contribution in [3.05, 3.63) is 53.5 Å². The molecular formula is C12H9F2NO. The number of aryl methyl sites for hydroxylation is 1. The number of halogens is 2. The van der Waals surface area contributed by atoms with Gasteiger partial charge in [0, 0.05) is 0 Å². The Morgan fingerprint density at radius 3 is 2.38 bits per heavy atom. The Bertz CT molecular complexity index is 511. The summed E-state index contributed by atoms with van der Waals surface area (Å²) >= 11 is 0. The third-order valence-corrected chi connectivity index (χ3v) is 2.02. The number of benzene rings is 1. The second-order valence-corrected chi connectivity index (χ2v) is 3.28. The first-order valence-electron chi connectivity index (χ1n) is 4.71. The van der Waals surface area contributed by atoms with Crippen molar-refractivity contribution in [1.29, 1.82) is 0 Å². The molecule has 0 N–H and O–H groups in total. The molecule has 4 heteroatoms. The predicted molar refractivity (Wildman–Crippen MR) is 57.1 cm³/mol. The topological polar surface area (TPSA) is 25.5 Å². The zero-order valence-electron chi connectivity index (χ0n) is 8.58. The van der Waals surface area contributed by atoms with Gasteiger partial charge < -0.3 is 4.42 Å². The predicted octanol–water partition coefficient (Wildman–Crippen LogP) is 3.62. The molecule has 2 nitrogen and oxygen atoms in total. The molecule has 2 aromatic rings. The highest BCUT2D eigenvalue weighted by Gasteiger charge is 2.05. The fourth-order valence-corrected chi connectivity index (χ4v) is 1.26. The number of hydrogen-bond acceptors (Lipinski definition) is 2. The third-order valence-electron chi connectivity index (χ3n) is 2.02. The standard InChI is InChI=1S/C12H9F2NO/c1-8-5-6-9(16-8)7-15-12-10(13)3-2-4-11(12)14/h2-7H,1H3. The Labute approximate surface area is 91.2 Å². The minimum Gasteiger partial charge on any atom is -0.460 e. The van der Waals surface area contributed by atoms with Crippen molar-refractivity contribution in [3.8, 4) is 0 Å². The van der Waals surface area contributed by atoms with Crippen molar-refractivity contribution in [3.63, 3.8) is 0 Å². The number of rotatable bonds is 2. The summed E-state index contributed by atoms with van der Waals surface area (Å²) in [6.07, 6.45) is 1.29. The van der Waals surface area contributed by atoms with Crippen LogP contribution in [0.1, 0.15) is 11.5 Å². The van der Waals surface area contributed by atoms with Crippen molar-refractivity contribution in [2.75, 3.05) is 0 Å². The molecule has 0 atom stereocenters. The largest absolute Gasteiger partial charge is 0.460 e. The van der Waals surface area contributed by atoms with Crippen LogP contribution in [0.15, 0.2) is 39.7 Å². The first-order chi connectivity index (χ1) is 7.66. The summed E-state index contributed by atoms with van der Waals surface area (Å²) < 4.78 is 31.5. The summed E-state index contributed by atoms with van der Waals surface area (Å²) in [7, 11) is 0. The highest BCUT2D eigenvalue weighted by Crippen LogP contribution is 2.21. The number of nitrogens with zero attached hydrogens (tertiary/aromatic N) is 1. The van der Waals surface area contributed by atoms with E-state index in [2.05, 4.69) is 4.99 Å². The molecule has 0 amide bonds. The fraction of sp³-hybridized carbons (Fsp3) is 0.0833. The minimum atomic E-state index is -0.695. The molecule has 0 unspecified atom stereocenters. The second kappa shape index (κ2) is 4.26. The molecular weight excluding hydrogens is 212 g/mol. The van der Waals surface area contributed by atoms with E-state index in [4.69, 9.17) is 4.42 Å². The van der Waals surface area contributed by atoms with Gasteiger partial charge in [0.1, 0.15) is 17.2 Å². The lowest BCUT2D eigenvalue weighted by Crippen LogP contribution is -1.83. The molecule has 0 aliphatic heterocycles. The lowest BCUT2D eigenvalue weighted by molar-refractivity contribution is 0.528. The van der Waals surface area contributed by atoms with E-state index in [9.17, 15) is 8.78 Å². The molecule has 0 radical (unpaired) electrons. The van der Waals surface area contributed by atoms with Crippen molar-refractivity contribution in [2.45, 2.75) is 6.92 Å². The average molecular weight is 221 g/mol. The van der Waals surface area contributed by atoms with Gasteiger partial charge in [-0.2, -0.15) is 0 Å². The lowest BCUT2D eigenvalue weighted by Gasteiger charge is -1.96. The Morgan fingerprint density at radius 1 is 1.12 bits per heavy atom. The maximum Gasteiger partial charge on any atom is 0.151 e. The van der Waals surface area contributed by atoms with Crippen LogP contribution >= 0.6 is 0 Å². The second-order valence-electron chi connectivity index (χ2n) is 3.28. The van der Waals surface area contributed by atoms with E-state index in [0.717, 1.165) is 17.9 Å². The van der Waals surface area contributed by atoms with Gasteiger partial charge in [-0.15, -0.1) is 0 Å². The lowest BCUT2D eigenvalue weighted by atomic mass is 10.3. The molecule has 0 saturated heterocycles. The Kier molecular flexibility index (Phi) is 2.81. The summed E-state index contributed by atoms with van der Waals surface area (Å²) in [6.45, 7) is 1.78. The smallest absolute Gasteiger partial charge is 0.151 e. The summed E-state index contributed by atoms with van der Waals surface area (Å²) in [5.74, 6) is -0.213. The Balaban J connectivity index is 2.30. The van der Waals surface area contributed by atoms with Gasteiger partial charge in [0.25, 0.3) is 0 Å². The van der Waals surface area contributed by atoms with Crippen molar-refractivity contribution < 1.29 is 13.2 Å². The first kappa shape index (κ1) is 10.5. The molecule has 0 saturated carbocycles. The maximum atomic E-state index is 13.2. The van der Waals surface area contributed by atoms with Crippen molar-refractivity contribution in [2.24, 2.45) is 4.99 Å². The van der Waals surface area contributed by atoms with Gasteiger partial charge in [-0.1, -0.05) is 6.07 Å². The monoisotopic (exact) mass is 221 g/mol. The SMILES string of the molecule is Cc1ccc(C=Nc2c(F)cccc2F)o1. The van der Waals surface area contributed by atoms with E-state index in [1.165, 1.54) is 12.3 Å². The van der Waals surface area contributed by atoms with Crippen LogP contribution in [0.3, 0.4) is 0 Å². The molecule has 1 aromatic heterocycles. The van der Waals surface area contributed by atoms with E-state index in [0.29, 0.717) is 5.76 Å². The quantitative estimate of drug-likeness (QED) is 0.711. The van der Waals surface area contributed by atoms with Crippen LogP contribution in [0, 0.1) is 18.6 Å². The summed E-state index contributed by atoms with van der Waals surface area (Å²) in [5.41, 5.74) is -0.309. The van der Waals surface area contributed by atoms with Gasteiger partial charge in [0.2, 0.25) is 0 Å². The van der Waals surface area contributed by atoms with Crippen LogP contribution in [0.25, 0.3) is 0 Å². The molecule has 16 heavy (non-hydrogen) atoms. The summed E-state index contributed by atoms with van der Waals surface area (Å²) in [6, 6.07) is 7.03. The zero-order valence-corrected chi connectivity index (χ0v) is 8.58. The van der Waals surface area contributed by atoms with Crippen LogP contribution in [0.4, 0.5) is 14.5 Å². The van der Waals surface area contributed by atoms with Crippen LogP contribution in [0.2, 0.25) is 0 Å². The molecule has 0 spiro atoms. The fourth-order valence-electron chi connectivity index (χ4n) is 1.26. The Morgan fingerprint density at radius 2 is 1.81 bits per heavy atom. The van der Waals surface area contributed by atoms with Crippen LogP contribution in [-0.4, -0.2) is 6.21 Å². The molecule has 1 aromatic carbocycles. The summed E-state index contributed by atoms with van der Waals surface area (Å²) in [5, 5.41) is 0. The Hall–Kier alpha value is -1.97. The number of para-hydroxylation sites is 1. The van der Waals surface area contributed by atoms with Crippen molar-refractivity contribution in [1.82, 2.24) is 0 Å². The van der Waals surface area contributed by atoms with E-state index in [1.54, 1.807) is 19.1 Å². The van der Waals surface area contributed by atoms with Gasteiger partial charge in [0.05, 0.1) is 6.21 Å². The van der Waals surface area contributed by atoms with E-state index in [-0.39, 0.29) is 5.69 Å². The third kappa shape index (κ3) is 2.16. The number of aliphatic imine (C=N–C) groups is 1. The van der Waals surface area contributed by atoms with Gasteiger partial charge in [-0.3, -0.25) is 0 Å². The van der Waals surface area contributed by atoms with Gasteiger partial charge in [-0.05, 0) is 31.2 Å². The first-order valence-corrected chi connectivity index (χ1v) is 4.71. The average Bonchev–Trinajstić information content (AvgIpc) is 2.63. The molecule has 2 rings (SSSR count). The highest BCUT2D eigenvalue weighted by molar-refractivity contribution is 5.78. The molecule has 1 heterocycles.